The van der Waals surface area contributed by atoms with E-state index in [0.29, 0.717) is 32.3 Å². The van der Waals surface area contributed by atoms with Gasteiger partial charge in [-0.1, -0.05) is 60.5 Å². The fraction of sp³-hybridized carbons (Fsp3) is 0. The Morgan fingerprint density at radius 3 is 1.19 bits per heavy atom. The molecule has 0 aliphatic rings. The van der Waals surface area contributed by atoms with Gasteiger partial charge >= 0.3 is 0 Å². The third-order valence-corrected chi connectivity index (χ3v) is 2.90. The van der Waals surface area contributed by atoms with Crippen LogP contribution < -0.4 is 0 Å². The molecule has 0 aromatic heterocycles. The zero-order chi connectivity index (χ0) is 15.8. The van der Waals surface area contributed by atoms with Gasteiger partial charge in [0.15, 0.2) is 0 Å². The fourth-order valence-corrected chi connectivity index (χ4v) is 2.20. The molecule has 0 fully saturated rings. The lowest BCUT2D eigenvalue weighted by molar-refractivity contribution is 1.78. The standard InChI is InChI=1S/C16H10/c1-3-11-7-9-13-5-2-6-14-10-8-12(4-1)15(11)16(13)14/h1-10H/i1D,2D,7D,8D,9D,10D. The molecule has 0 unspecified atom stereocenters. The fourth-order valence-electron chi connectivity index (χ4n) is 2.20. The Kier molecular flexibility index (Phi) is 0.755. The van der Waals surface area contributed by atoms with Crippen molar-refractivity contribution in [3.05, 3.63) is 60.5 Å². The quantitative estimate of drug-likeness (QED) is 0.371. The van der Waals surface area contributed by atoms with Gasteiger partial charge in [-0.05, 0) is 32.3 Å². The summed E-state index contributed by atoms with van der Waals surface area (Å²) in [6, 6.07) is 6.41. The molecule has 0 bridgehead atoms. The lowest BCUT2D eigenvalue weighted by atomic mass is 9.95. The van der Waals surface area contributed by atoms with E-state index in [1.165, 1.54) is 24.3 Å². The minimum Gasteiger partial charge on any atom is -0.0610 e. The van der Waals surface area contributed by atoms with Crippen LogP contribution in [0.15, 0.2) is 60.5 Å². The number of rotatable bonds is 0. The van der Waals surface area contributed by atoms with E-state index in [0.717, 1.165) is 0 Å². The first-order valence-electron chi connectivity index (χ1n) is 8.06. The van der Waals surface area contributed by atoms with Gasteiger partial charge in [0.1, 0.15) is 0 Å². The highest BCUT2D eigenvalue weighted by molar-refractivity contribution is 6.22. The van der Waals surface area contributed by atoms with Crippen LogP contribution in [-0.2, 0) is 0 Å². The molecule has 0 heteroatoms. The number of hydrogen-bond acceptors (Lipinski definition) is 0. The summed E-state index contributed by atoms with van der Waals surface area (Å²) in [4.78, 5) is 0. The van der Waals surface area contributed by atoms with Crippen molar-refractivity contribution in [2.45, 2.75) is 0 Å². The first-order chi connectivity index (χ1) is 10.4. The molecule has 0 saturated carbocycles. The Morgan fingerprint density at radius 2 is 0.875 bits per heavy atom. The molecule has 0 nitrogen and oxygen atoms in total. The topological polar surface area (TPSA) is 0 Å². The molecule has 0 aliphatic carbocycles. The van der Waals surface area contributed by atoms with Gasteiger partial charge in [0, 0.05) is 0 Å². The third-order valence-electron chi connectivity index (χ3n) is 2.90. The predicted octanol–water partition coefficient (Wildman–Crippen LogP) is 4.58. The maximum Gasteiger partial charge on any atom is 0.0629 e. The van der Waals surface area contributed by atoms with Crippen LogP contribution in [0.3, 0.4) is 0 Å². The van der Waals surface area contributed by atoms with Crippen molar-refractivity contribution in [3.8, 4) is 0 Å². The molecule has 0 heterocycles. The van der Waals surface area contributed by atoms with Gasteiger partial charge in [-0.3, -0.25) is 0 Å². The summed E-state index contributed by atoms with van der Waals surface area (Å²) in [6.07, 6.45) is 0. The van der Waals surface area contributed by atoms with Gasteiger partial charge < -0.3 is 0 Å². The van der Waals surface area contributed by atoms with E-state index in [-0.39, 0.29) is 36.3 Å². The first-order valence-corrected chi connectivity index (χ1v) is 5.06. The van der Waals surface area contributed by atoms with Crippen molar-refractivity contribution in [2.75, 3.05) is 0 Å². The van der Waals surface area contributed by atoms with Gasteiger partial charge in [0.2, 0.25) is 0 Å². The van der Waals surface area contributed by atoms with E-state index < -0.39 is 0 Å². The number of benzene rings is 4. The number of hydrogen-bond donors (Lipinski definition) is 0. The van der Waals surface area contributed by atoms with Gasteiger partial charge in [0.05, 0.1) is 8.22 Å². The molecule has 0 N–H and O–H groups in total. The van der Waals surface area contributed by atoms with E-state index in [4.69, 9.17) is 8.22 Å². The van der Waals surface area contributed by atoms with Crippen molar-refractivity contribution < 1.29 is 8.22 Å². The Bertz CT molecular complexity index is 918. The molecule has 4 aromatic carbocycles. The monoisotopic (exact) mass is 208 g/mol. The van der Waals surface area contributed by atoms with Crippen LogP contribution in [0.25, 0.3) is 32.3 Å². The van der Waals surface area contributed by atoms with Crippen molar-refractivity contribution in [1.29, 1.82) is 0 Å². The van der Waals surface area contributed by atoms with Crippen molar-refractivity contribution in [1.82, 2.24) is 0 Å². The Hall–Kier alpha value is -2.08. The van der Waals surface area contributed by atoms with E-state index >= 15 is 0 Å². The van der Waals surface area contributed by atoms with Crippen LogP contribution >= 0.6 is 0 Å². The summed E-state index contributed by atoms with van der Waals surface area (Å²) in [6.45, 7) is 0. The maximum atomic E-state index is 8.19. The highest BCUT2D eigenvalue weighted by atomic mass is 14.1. The Balaban J connectivity index is 2.52. The molecule has 0 spiro atoms. The zero-order valence-electron chi connectivity index (χ0n) is 14.3. The average Bonchev–Trinajstić information content (AvgIpc) is 2.48. The molecular weight excluding hydrogens is 192 g/mol. The van der Waals surface area contributed by atoms with Crippen LogP contribution in [0.5, 0.6) is 0 Å². The average molecular weight is 208 g/mol. The third kappa shape index (κ3) is 0.892. The molecule has 4 aromatic rings. The minimum absolute atomic E-state index is 0.00405. The minimum atomic E-state index is -0.00405. The lowest BCUT2D eigenvalue weighted by Gasteiger charge is -2.09. The van der Waals surface area contributed by atoms with Crippen LogP contribution in [-0.4, -0.2) is 0 Å². The van der Waals surface area contributed by atoms with E-state index in [1.54, 1.807) is 0 Å². The highest BCUT2D eigenvalue weighted by Gasteiger charge is 2.05. The van der Waals surface area contributed by atoms with Crippen LogP contribution in [0.4, 0.5) is 0 Å². The maximum absolute atomic E-state index is 8.19. The summed E-state index contributed by atoms with van der Waals surface area (Å²) < 4.78 is 48.5. The van der Waals surface area contributed by atoms with E-state index in [9.17, 15) is 0 Å². The summed E-state index contributed by atoms with van der Waals surface area (Å²) in [5.41, 5.74) is 0. The lowest BCUT2D eigenvalue weighted by Crippen LogP contribution is -1.82. The van der Waals surface area contributed by atoms with Crippen LogP contribution in [0, 0.1) is 0 Å². The van der Waals surface area contributed by atoms with Gasteiger partial charge in [-0.2, -0.15) is 0 Å². The second kappa shape index (κ2) is 2.73. The molecule has 4 rings (SSSR count). The molecule has 0 atom stereocenters. The summed E-state index contributed by atoms with van der Waals surface area (Å²) in [5.74, 6) is 0. The van der Waals surface area contributed by atoms with Crippen molar-refractivity contribution >= 4 is 32.3 Å². The molecule has 0 amide bonds. The smallest absolute Gasteiger partial charge is 0.0610 e. The molecule has 0 aliphatic heterocycles. The van der Waals surface area contributed by atoms with Gasteiger partial charge in [0.25, 0.3) is 0 Å². The largest absolute Gasteiger partial charge is 0.0629 e. The van der Waals surface area contributed by atoms with E-state index in [2.05, 4.69) is 0 Å². The summed E-state index contributed by atoms with van der Waals surface area (Å²) in [7, 11) is 0. The Morgan fingerprint density at radius 1 is 0.562 bits per heavy atom. The SMILES string of the molecule is [2H]c1cc2c([2H])c([2H])c3cc([2H])cc4c([2H])c([2H])c(c1)c2c34. The van der Waals surface area contributed by atoms with Crippen molar-refractivity contribution in [2.24, 2.45) is 0 Å². The zero-order valence-corrected chi connectivity index (χ0v) is 8.31. The molecule has 74 valence electrons. The summed E-state index contributed by atoms with van der Waals surface area (Å²) >= 11 is 0. The normalized spacial score (nSPS) is 17.0. The molecule has 0 radical (unpaired) electrons. The second-order valence-electron chi connectivity index (χ2n) is 3.82. The van der Waals surface area contributed by atoms with Crippen LogP contribution in [0.2, 0.25) is 0 Å². The summed E-state index contributed by atoms with van der Waals surface area (Å²) in [5, 5.41) is 3.10. The molecular formula is C16H10. The molecule has 0 saturated heterocycles. The Labute approximate surface area is 102 Å². The van der Waals surface area contributed by atoms with E-state index in [1.807, 2.05) is 0 Å². The van der Waals surface area contributed by atoms with Crippen LogP contribution in [0.1, 0.15) is 8.22 Å². The molecule has 16 heavy (non-hydrogen) atoms. The van der Waals surface area contributed by atoms with Gasteiger partial charge in [-0.25, -0.2) is 0 Å². The predicted molar refractivity (Wildman–Crippen MR) is 70.1 cm³/mol. The van der Waals surface area contributed by atoms with Crippen molar-refractivity contribution in [3.63, 3.8) is 0 Å². The highest BCUT2D eigenvalue weighted by Crippen LogP contribution is 2.33. The van der Waals surface area contributed by atoms with Gasteiger partial charge in [-0.15, -0.1) is 0 Å². The first kappa shape index (κ1) is 4.42. The second-order valence-corrected chi connectivity index (χ2v) is 3.82.